The van der Waals surface area contributed by atoms with Crippen LogP contribution in [0.5, 0.6) is 0 Å². The average Bonchev–Trinajstić information content (AvgIpc) is 2.71. The first kappa shape index (κ1) is 18.5. The highest BCUT2D eigenvalue weighted by atomic mass is 15.3. The molecule has 2 aliphatic rings. The van der Waals surface area contributed by atoms with Crippen molar-refractivity contribution < 1.29 is 0 Å². The monoisotopic (exact) mass is 376 g/mol. The zero-order chi connectivity index (χ0) is 19.7. The van der Waals surface area contributed by atoms with Gasteiger partial charge < -0.3 is 20.0 Å². The topological polar surface area (TPSA) is 47.5 Å². The maximum atomic E-state index is 4.75. The molecule has 3 heterocycles. The maximum absolute atomic E-state index is 4.75. The third-order valence-electron chi connectivity index (χ3n) is 5.51. The van der Waals surface area contributed by atoms with E-state index in [0.717, 1.165) is 61.1 Å². The molecule has 6 heteroatoms. The molecule has 1 aromatic heterocycles. The predicted octanol–water partition coefficient (Wildman–Crippen LogP) is 3.73. The number of piperazine rings is 1. The van der Waals surface area contributed by atoms with Gasteiger partial charge in [-0.1, -0.05) is 6.58 Å². The number of nitrogens with zero attached hydrogens (tertiary/aromatic N) is 5. The van der Waals surface area contributed by atoms with Gasteiger partial charge in [0.2, 0.25) is 5.95 Å². The van der Waals surface area contributed by atoms with Gasteiger partial charge in [-0.05, 0) is 56.8 Å². The Morgan fingerprint density at radius 2 is 1.82 bits per heavy atom. The lowest BCUT2D eigenvalue weighted by molar-refractivity contribution is 0.313. The van der Waals surface area contributed by atoms with Crippen LogP contribution in [0, 0.1) is 0 Å². The number of fused-ring (bicyclic) bond motifs is 1. The molecule has 0 radical (unpaired) electrons. The second kappa shape index (κ2) is 7.64. The summed E-state index contributed by atoms with van der Waals surface area (Å²) in [6.07, 6.45) is 3.97. The number of hydrogen-bond donors (Lipinski definition) is 1. The second-order valence-electron chi connectivity index (χ2n) is 7.45. The zero-order valence-electron chi connectivity index (χ0n) is 16.9. The Morgan fingerprint density at radius 1 is 1.11 bits per heavy atom. The number of hydrogen-bond acceptors (Lipinski definition) is 6. The highest BCUT2D eigenvalue weighted by molar-refractivity contribution is 5.76. The number of anilines is 4. The zero-order valence-corrected chi connectivity index (χ0v) is 16.9. The molecular formula is C22H28N6. The summed E-state index contributed by atoms with van der Waals surface area (Å²) in [5, 5.41) is 3.34. The van der Waals surface area contributed by atoms with Crippen molar-refractivity contribution in [3.8, 4) is 0 Å². The Labute approximate surface area is 167 Å². The molecule has 6 nitrogen and oxygen atoms in total. The number of aromatic nitrogens is 2. The lowest BCUT2D eigenvalue weighted by atomic mass is 10.1. The van der Waals surface area contributed by atoms with Gasteiger partial charge in [0.15, 0.2) is 0 Å². The van der Waals surface area contributed by atoms with Gasteiger partial charge in [-0.15, -0.1) is 0 Å². The molecule has 1 fully saturated rings. The lowest BCUT2D eigenvalue weighted by Crippen LogP contribution is -2.44. The summed E-state index contributed by atoms with van der Waals surface area (Å²) < 4.78 is 0. The molecule has 0 saturated carbocycles. The van der Waals surface area contributed by atoms with E-state index in [1.807, 2.05) is 6.20 Å². The molecule has 2 aliphatic heterocycles. The van der Waals surface area contributed by atoms with Crippen LogP contribution in [0.1, 0.15) is 19.4 Å². The van der Waals surface area contributed by atoms with Crippen molar-refractivity contribution in [3.63, 3.8) is 0 Å². The normalized spacial score (nSPS) is 17.4. The van der Waals surface area contributed by atoms with Gasteiger partial charge in [0.25, 0.3) is 0 Å². The van der Waals surface area contributed by atoms with Gasteiger partial charge in [-0.2, -0.15) is 4.98 Å². The number of rotatable bonds is 4. The SMILES string of the molecule is C=C1C(C)=Cc2cnc(Nc3ccc(N4CCN(C)CC4)cc3)nc2N1CC. The van der Waals surface area contributed by atoms with Crippen molar-refractivity contribution in [1.82, 2.24) is 14.9 Å². The molecule has 0 unspecified atom stereocenters. The van der Waals surface area contributed by atoms with Crippen LogP contribution in [0.15, 0.2) is 48.3 Å². The van der Waals surface area contributed by atoms with E-state index in [2.05, 4.69) is 82.8 Å². The van der Waals surface area contributed by atoms with Crippen molar-refractivity contribution in [2.75, 3.05) is 54.9 Å². The number of allylic oxidation sites excluding steroid dienone is 1. The largest absolute Gasteiger partial charge is 0.369 e. The van der Waals surface area contributed by atoms with E-state index in [9.17, 15) is 0 Å². The highest BCUT2D eigenvalue weighted by Gasteiger charge is 2.21. The van der Waals surface area contributed by atoms with Crippen molar-refractivity contribution in [1.29, 1.82) is 0 Å². The molecule has 2 aromatic rings. The first-order valence-corrected chi connectivity index (χ1v) is 9.88. The van der Waals surface area contributed by atoms with Crippen LogP contribution in [0.4, 0.5) is 23.1 Å². The van der Waals surface area contributed by atoms with E-state index in [-0.39, 0.29) is 0 Å². The summed E-state index contributed by atoms with van der Waals surface area (Å²) in [6, 6.07) is 8.52. The molecule has 0 atom stereocenters. The number of benzene rings is 1. The van der Waals surface area contributed by atoms with Crippen LogP contribution in [0.2, 0.25) is 0 Å². The highest BCUT2D eigenvalue weighted by Crippen LogP contribution is 2.32. The van der Waals surface area contributed by atoms with E-state index in [0.29, 0.717) is 5.95 Å². The minimum atomic E-state index is 0.602. The number of nitrogens with one attached hydrogen (secondary N) is 1. The molecular weight excluding hydrogens is 348 g/mol. The molecule has 146 valence electrons. The number of likely N-dealkylation sites (N-methyl/N-ethyl adjacent to an activating group) is 2. The van der Waals surface area contributed by atoms with E-state index in [1.165, 1.54) is 5.69 Å². The van der Waals surface area contributed by atoms with Crippen molar-refractivity contribution in [2.24, 2.45) is 0 Å². The second-order valence-corrected chi connectivity index (χ2v) is 7.45. The van der Waals surface area contributed by atoms with Gasteiger partial charge >= 0.3 is 0 Å². The van der Waals surface area contributed by atoms with Crippen LogP contribution in [0.3, 0.4) is 0 Å². The fourth-order valence-electron chi connectivity index (χ4n) is 3.71. The van der Waals surface area contributed by atoms with Crippen LogP contribution in [0.25, 0.3) is 6.08 Å². The smallest absolute Gasteiger partial charge is 0.229 e. The third-order valence-corrected chi connectivity index (χ3v) is 5.51. The minimum Gasteiger partial charge on any atom is -0.369 e. The molecule has 1 N–H and O–H groups in total. The van der Waals surface area contributed by atoms with Crippen molar-refractivity contribution >= 4 is 29.2 Å². The van der Waals surface area contributed by atoms with E-state index >= 15 is 0 Å². The van der Waals surface area contributed by atoms with Crippen molar-refractivity contribution in [2.45, 2.75) is 13.8 Å². The predicted molar refractivity (Wildman–Crippen MR) is 117 cm³/mol. The first-order valence-electron chi connectivity index (χ1n) is 9.88. The molecule has 4 rings (SSSR count). The summed E-state index contributed by atoms with van der Waals surface area (Å²) in [5.41, 5.74) is 5.43. The fourth-order valence-corrected chi connectivity index (χ4v) is 3.71. The van der Waals surface area contributed by atoms with Gasteiger partial charge in [0, 0.05) is 61.6 Å². The van der Waals surface area contributed by atoms with Crippen LogP contribution in [-0.2, 0) is 0 Å². The van der Waals surface area contributed by atoms with Gasteiger partial charge in [0.1, 0.15) is 5.82 Å². The summed E-state index contributed by atoms with van der Waals surface area (Å²) in [7, 11) is 2.18. The summed E-state index contributed by atoms with van der Waals surface area (Å²) in [5.74, 6) is 1.51. The average molecular weight is 377 g/mol. The minimum absolute atomic E-state index is 0.602. The molecule has 0 spiro atoms. The van der Waals surface area contributed by atoms with Gasteiger partial charge in [0.05, 0.1) is 0 Å². The Balaban J connectivity index is 1.51. The van der Waals surface area contributed by atoms with Crippen molar-refractivity contribution in [3.05, 3.63) is 53.9 Å². The standard InChI is InChI=1S/C22H28N6/c1-5-28-17(3)16(2)14-18-15-23-22(25-21(18)28)24-19-6-8-20(9-7-19)27-12-10-26(4)11-13-27/h6-9,14-15H,3,5,10-13H2,1-2,4H3,(H,23,24,25). The van der Waals surface area contributed by atoms with E-state index in [4.69, 9.17) is 4.98 Å². The Morgan fingerprint density at radius 3 is 2.50 bits per heavy atom. The molecule has 1 saturated heterocycles. The van der Waals surface area contributed by atoms with Crippen LogP contribution in [-0.4, -0.2) is 54.6 Å². The lowest BCUT2D eigenvalue weighted by Gasteiger charge is -2.34. The molecule has 0 bridgehead atoms. The fraction of sp³-hybridized carbons (Fsp3) is 0.364. The van der Waals surface area contributed by atoms with Gasteiger partial charge in [-0.25, -0.2) is 4.98 Å². The summed E-state index contributed by atoms with van der Waals surface area (Å²) >= 11 is 0. The third kappa shape index (κ3) is 3.60. The first-order chi connectivity index (χ1) is 13.5. The van der Waals surface area contributed by atoms with Crippen LogP contribution < -0.4 is 15.1 Å². The molecule has 0 aliphatic carbocycles. The maximum Gasteiger partial charge on any atom is 0.229 e. The Bertz CT molecular complexity index is 894. The molecule has 0 amide bonds. The Hall–Kier alpha value is -2.86. The van der Waals surface area contributed by atoms with E-state index < -0.39 is 0 Å². The van der Waals surface area contributed by atoms with Gasteiger partial charge in [-0.3, -0.25) is 0 Å². The quantitative estimate of drug-likeness (QED) is 0.877. The molecule has 28 heavy (non-hydrogen) atoms. The Kier molecular flexibility index (Phi) is 5.05. The van der Waals surface area contributed by atoms with E-state index in [1.54, 1.807) is 0 Å². The van der Waals surface area contributed by atoms with Crippen LogP contribution >= 0.6 is 0 Å². The molecule has 1 aromatic carbocycles. The summed E-state index contributed by atoms with van der Waals surface area (Å²) in [4.78, 5) is 16.2. The summed E-state index contributed by atoms with van der Waals surface area (Å²) in [6.45, 7) is 13.6.